The van der Waals surface area contributed by atoms with Crippen LogP contribution in [0.1, 0.15) is 43.2 Å². The summed E-state index contributed by atoms with van der Waals surface area (Å²) in [7, 11) is 0. The number of hydrogen-bond donors (Lipinski definition) is 0. The Balaban J connectivity index is 1.19. The first kappa shape index (κ1) is 38.9. The molecule has 0 aliphatic rings. The molecule has 0 aliphatic heterocycles. The maximum Gasteiger partial charge on any atom is 0.432 e. The molecule has 0 saturated heterocycles. The summed E-state index contributed by atoms with van der Waals surface area (Å²) in [5.41, 5.74) is -3.79. The Labute approximate surface area is 279 Å². The summed E-state index contributed by atoms with van der Waals surface area (Å²) in [6, 6.07) is 1.97. The van der Waals surface area contributed by atoms with Crippen LogP contribution in [0.25, 0.3) is 0 Å². The molecule has 0 N–H and O–H groups in total. The van der Waals surface area contributed by atoms with Crippen molar-refractivity contribution in [1.82, 2.24) is 0 Å². The quantitative estimate of drug-likeness (QED) is 0.0650. The molecule has 0 amide bonds. The predicted molar refractivity (Wildman–Crippen MR) is 148 cm³/mol. The Morgan fingerprint density at radius 1 is 0.353 bits per heavy atom. The van der Waals surface area contributed by atoms with Crippen molar-refractivity contribution >= 4 is 0 Å². The van der Waals surface area contributed by atoms with Gasteiger partial charge in [-0.1, -0.05) is 19.3 Å². The van der Waals surface area contributed by atoms with Gasteiger partial charge in [0.1, 0.15) is 57.4 Å². The van der Waals surface area contributed by atoms with Crippen molar-refractivity contribution in [3.63, 3.8) is 0 Å². The lowest BCUT2D eigenvalue weighted by atomic mass is 10.1. The summed E-state index contributed by atoms with van der Waals surface area (Å²) in [5.74, 6) is -22.1. The van der Waals surface area contributed by atoms with Crippen LogP contribution < -0.4 is 18.9 Å². The molecule has 4 aromatic rings. The minimum Gasteiger partial charge on any atom is -0.493 e. The Bertz CT molecular complexity index is 1640. The van der Waals surface area contributed by atoms with Crippen LogP contribution in [0.3, 0.4) is 0 Å². The molecular formula is C33H22F14O4. The van der Waals surface area contributed by atoms with Crippen LogP contribution in [-0.4, -0.2) is 13.2 Å². The third kappa shape index (κ3) is 9.67. The molecule has 0 aliphatic carbocycles. The van der Waals surface area contributed by atoms with Gasteiger partial charge < -0.3 is 18.9 Å². The van der Waals surface area contributed by atoms with Crippen LogP contribution in [0.15, 0.2) is 48.5 Å². The zero-order valence-corrected chi connectivity index (χ0v) is 25.5. The van der Waals surface area contributed by atoms with E-state index in [1.165, 1.54) is 0 Å². The van der Waals surface area contributed by atoms with E-state index in [-0.39, 0.29) is 37.5 Å². The molecule has 0 heterocycles. The highest BCUT2D eigenvalue weighted by Crippen LogP contribution is 2.39. The van der Waals surface area contributed by atoms with Gasteiger partial charge in [0.2, 0.25) is 0 Å². The van der Waals surface area contributed by atoms with E-state index in [4.69, 9.17) is 9.47 Å². The Morgan fingerprint density at radius 2 is 0.608 bits per heavy atom. The molecule has 4 aromatic carbocycles. The van der Waals surface area contributed by atoms with Gasteiger partial charge in [0, 0.05) is 48.5 Å². The van der Waals surface area contributed by atoms with Crippen molar-refractivity contribution in [1.29, 1.82) is 0 Å². The number of alkyl halides is 4. The van der Waals surface area contributed by atoms with Crippen molar-refractivity contribution < 1.29 is 80.4 Å². The second-order valence-corrected chi connectivity index (χ2v) is 10.6. The first-order valence-electron chi connectivity index (χ1n) is 14.6. The molecule has 0 atom stereocenters. The topological polar surface area (TPSA) is 36.9 Å². The molecule has 0 aromatic heterocycles. The van der Waals surface area contributed by atoms with Crippen LogP contribution in [0.2, 0.25) is 0 Å². The van der Waals surface area contributed by atoms with Gasteiger partial charge >= 0.3 is 12.2 Å². The second-order valence-electron chi connectivity index (χ2n) is 10.6. The number of ether oxygens (including phenoxy) is 4. The lowest BCUT2D eigenvalue weighted by Gasteiger charge is -2.20. The first-order valence-corrected chi connectivity index (χ1v) is 14.6. The molecular weight excluding hydrogens is 726 g/mol. The summed E-state index contributed by atoms with van der Waals surface area (Å²) >= 11 is 0. The molecule has 4 nitrogen and oxygen atoms in total. The van der Waals surface area contributed by atoms with Gasteiger partial charge in [-0.2, -0.15) is 17.6 Å². The molecule has 0 spiro atoms. The summed E-state index contributed by atoms with van der Waals surface area (Å²) in [6.07, 6.45) is -7.40. The molecule has 0 radical (unpaired) electrons. The highest BCUT2D eigenvalue weighted by atomic mass is 19.3. The third-order valence-electron chi connectivity index (χ3n) is 6.85. The second kappa shape index (κ2) is 16.0. The average Bonchev–Trinajstić information content (AvgIpc) is 3.00. The van der Waals surface area contributed by atoms with E-state index in [0.717, 1.165) is 0 Å². The van der Waals surface area contributed by atoms with E-state index < -0.39 is 105 Å². The zero-order chi connectivity index (χ0) is 37.7. The van der Waals surface area contributed by atoms with Crippen LogP contribution in [0, 0.1) is 58.2 Å². The number of benzene rings is 4. The van der Waals surface area contributed by atoms with Gasteiger partial charge in [-0.05, 0) is 12.8 Å². The Kier molecular flexibility index (Phi) is 12.2. The fourth-order valence-corrected chi connectivity index (χ4v) is 4.52. The number of rotatable bonds is 16. The van der Waals surface area contributed by atoms with Crippen molar-refractivity contribution in [2.45, 2.75) is 44.3 Å². The van der Waals surface area contributed by atoms with Crippen LogP contribution >= 0.6 is 0 Å². The molecule has 0 fully saturated rings. The molecule has 0 unspecified atom stereocenters. The van der Waals surface area contributed by atoms with Gasteiger partial charge in [0.05, 0.1) is 13.2 Å². The highest BCUT2D eigenvalue weighted by molar-refractivity contribution is 5.35. The smallest absolute Gasteiger partial charge is 0.432 e. The summed E-state index contributed by atoms with van der Waals surface area (Å²) in [4.78, 5) is 0. The van der Waals surface area contributed by atoms with E-state index in [9.17, 15) is 61.5 Å². The van der Waals surface area contributed by atoms with Gasteiger partial charge in [-0.3, -0.25) is 0 Å². The van der Waals surface area contributed by atoms with E-state index in [1.54, 1.807) is 0 Å². The van der Waals surface area contributed by atoms with E-state index >= 15 is 0 Å². The van der Waals surface area contributed by atoms with Gasteiger partial charge in [0.25, 0.3) is 0 Å². The molecule has 4 rings (SSSR count). The van der Waals surface area contributed by atoms with Crippen molar-refractivity contribution in [3.8, 4) is 23.0 Å². The van der Waals surface area contributed by atoms with Crippen molar-refractivity contribution in [2.24, 2.45) is 0 Å². The van der Waals surface area contributed by atoms with Crippen LogP contribution in [0.5, 0.6) is 23.0 Å². The normalized spacial score (nSPS) is 11.9. The number of halogens is 14. The van der Waals surface area contributed by atoms with E-state index in [2.05, 4.69) is 9.47 Å². The van der Waals surface area contributed by atoms with Crippen LogP contribution in [-0.2, 0) is 12.2 Å². The van der Waals surface area contributed by atoms with Gasteiger partial charge in [-0.15, -0.1) is 0 Å². The fourth-order valence-electron chi connectivity index (χ4n) is 4.52. The van der Waals surface area contributed by atoms with Gasteiger partial charge in [-0.25, -0.2) is 43.9 Å². The first-order chi connectivity index (χ1) is 23.9. The highest BCUT2D eigenvalue weighted by Gasteiger charge is 2.43. The lowest BCUT2D eigenvalue weighted by molar-refractivity contribution is -0.190. The number of unbranched alkanes of at least 4 members (excludes halogenated alkanes) is 4. The monoisotopic (exact) mass is 748 g/mol. The molecule has 51 heavy (non-hydrogen) atoms. The average molecular weight is 749 g/mol. The van der Waals surface area contributed by atoms with E-state index in [1.807, 2.05) is 0 Å². The Hall–Kier alpha value is -4.90. The molecule has 0 bridgehead atoms. The van der Waals surface area contributed by atoms with Crippen molar-refractivity contribution in [3.05, 3.63) is 118 Å². The van der Waals surface area contributed by atoms with Crippen molar-refractivity contribution in [2.75, 3.05) is 13.2 Å². The van der Waals surface area contributed by atoms with Crippen LogP contribution in [0.4, 0.5) is 61.5 Å². The van der Waals surface area contributed by atoms with E-state index in [0.29, 0.717) is 56.4 Å². The molecule has 18 heteroatoms. The lowest BCUT2D eigenvalue weighted by Crippen LogP contribution is -2.25. The summed E-state index contributed by atoms with van der Waals surface area (Å²) in [5, 5.41) is 0. The maximum atomic E-state index is 14.4. The molecule has 0 saturated carbocycles. The Morgan fingerprint density at radius 3 is 0.902 bits per heavy atom. The minimum atomic E-state index is -4.76. The predicted octanol–water partition coefficient (Wildman–Crippen LogP) is 10.7. The number of hydrogen-bond acceptors (Lipinski definition) is 4. The molecule has 276 valence electrons. The minimum absolute atomic E-state index is 0.0640. The van der Waals surface area contributed by atoms with Gasteiger partial charge in [0.15, 0.2) is 34.9 Å². The summed E-state index contributed by atoms with van der Waals surface area (Å²) < 4.78 is 213. The standard InChI is InChI=1S/C33H22F14O4/c34-20-8-16(9-21(35)28(20)32(44,45)50-18-12-24(38)30(42)25(39)13-18)48-6-4-2-1-3-5-7-49-17-10-22(36)29(23(37)11-17)33(46,47)51-19-14-26(40)31(43)27(41)15-19/h8-15H,1-7H2. The zero-order valence-electron chi connectivity index (χ0n) is 25.5. The third-order valence-corrected chi connectivity index (χ3v) is 6.85. The fraction of sp³-hybridized carbons (Fsp3) is 0.273. The maximum absolute atomic E-state index is 14.4. The SMILES string of the molecule is Fc1cc(OC(F)(F)c2c(F)cc(OCCCCCCCOc3cc(F)c(C(F)(F)Oc4cc(F)c(F)c(F)c4)c(F)c3)cc2F)cc(F)c1F. The summed E-state index contributed by atoms with van der Waals surface area (Å²) in [6.45, 7) is -0.222. The largest absolute Gasteiger partial charge is 0.493 e.